The summed E-state index contributed by atoms with van der Waals surface area (Å²) in [6.07, 6.45) is -0.907. The monoisotopic (exact) mass is 255 g/mol. The van der Waals surface area contributed by atoms with Gasteiger partial charge in [-0.05, 0) is 6.92 Å². The van der Waals surface area contributed by atoms with Crippen molar-refractivity contribution >= 4 is 5.97 Å². The van der Waals surface area contributed by atoms with Crippen molar-refractivity contribution < 1.29 is 9.53 Å². The van der Waals surface area contributed by atoms with Gasteiger partial charge in [0, 0.05) is 12.0 Å². The summed E-state index contributed by atoms with van der Waals surface area (Å²) in [5, 5.41) is 0. The molecule has 0 radical (unpaired) electrons. The number of nitrogens with one attached hydrogen (secondary N) is 2. The molecule has 0 saturated heterocycles. The van der Waals surface area contributed by atoms with E-state index in [0.29, 0.717) is 4.57 Å². The molecule has 1 rings (SSSR count). The fourth-order valence-corrected chi connectivity index (χ4v) is 1.24. The van der Waals surface area contributed by atoms with E-state index in [2.05, 4.69) is 6.58 Å². The molecule has 1 aromatic heterocycles. The molecule has 0 aliphatic rings. The van der Waals surface area contributed by atoms with Gasteiger partial charge in [-0.15, -0.1) is 0 Å². The van der Waals surface area contributed by atoms with Gasteiger partial charge in [0.05, 0.1) is 0 Å². The number of carbonyl (C=O) groups excluding carboxylic acids is 1. The number of ether oxygens (including phenoxy) is 1. The van der Waals surface area contributed by atoms with Gasteiger partial charge in [0.1, 0.15) is 0 Å². The van der Waals surface area contributed by atoms with Crippen molar-refractivity contribution in [3.63, 3.8) is 0 Å². The molecule has 8 nitrogen and oxygen atoms in total. The van der Waals surface area contributed by atoms with Crippen molar-refractivity contribution in [1.82, 2.24) is 14.5 Å². The average molecular weight is 255 g/mol. The van der Waals surface area contributed by atoms with Gasteiger partial charge >= 0.3 is 23.0 Å². The highest BCUT2D eigenvalue weighted by molar-refractivity contribution is 5.86. The van der Waals surface area contributed by atoms with Crippen molar-refractivity contribution in [1.29, 1.82) is 0 Å². The molecule has 0 spiro atoms. The van der Waals surface area contributed by atoms with Crippen LogP contribution in [-0.2, 0) is 9.53 Å². The van der Waals surface area contributed by atoms with E-state index < -0.39 is 29.3 Å². The van der Waals surface area contributed by atoms with Crippen LogP contribution in [0.5, 0.6) is 0 Å². The van der Waals surface area contributed by atoms with Crippen LogP contribution < -0.4 is 17.1 Å². The maximum atomic E-state index is 11.5. The summed E-state index contributed by atoms with van der Waals surface area (Å²) in [5.41, 5.74) is -2.65. The van der Waals surface area contributed by atoms with E-state index in [1.165, 1.54) is 6.92 Å². The molecule has 1 heterocycles. The number of hydrogen-bond donors (Lipinski definition) is 2. The van der Waals surface area contributed by atoms with E-state index in [4.69, 9.17) is 4.74 Å². The molecule has 0 saturated carbocycles. The first-order chi connectivity index (χ1) is 8.36. The Labute approximate surface area is 101 Å². The first kappa shape index (κ1) is 13.7. The third-order valence-electron chi connectivity index (χ3n) is 2.11. The van der Waals surface area contributed by atoms with Gasteiger partial charge in [-0.25, -0.2) is 23.7 Å². The molecule has 0 aliphatic carbocycles. The molecule has 1 atom stereocenters. The highest BCUT2D eigenvalue weighted by atomic mass is 16.6. The number of hydrogen-bond acceptors (Lipinski definition) is 5. The van der Waals surface area contributed by atoms with Gasteiger partial charge < -0.3 is 4.74 Å². The molecular formula is C10H13N3O5. The summed E-state index contributed by atoms with van der Waals surface area (Å²) in [4.78, 5) is 48.9. The Bertz CT molecular complexity index is 602. The van der Waals surface area contributed by atoms with Gasteiger partial charge in [0.25, 0.3) is 0 Å². The molecule has 0 amide bonds. The zero-order valence-corrected chi connectivity index (χ0v) is 9.98. The third-order valence-corrected chi connectivity index (χ3v) is 2.11. The van der Waals surface area contributed by atoms with Gasteiger partial charge in [-0.3, -0.25) is 9.97 Å². The third kappa shape index (κ3) is 2.84. The molecule has 0 aromatic carbocycles. The summed E-state index contributed by atoms with van der Waals surface area (Å²) in [6, 6.07) is 0. The smallest absolute Gasteiger partial charge is 0.336 e. The number of aromatic nitrogens is 3. The van der Waals surface area contributed by atoms with E-state index in [-0.39, 0.29) is 12.0 Å². The van der Waals surface area contributed by atoms with Crippen LogP contribution in [0.4, 0.5) is 0 Å². The lowest BCUT2D eigenvalue weighted by atomic mass is 10.3. The largest absolute Gasteiger partial charge is 0.438 e. The zero-order valence-electron chi connectivity index (χ0n) is 9.98. The molecule has 1 aromatic rings. The molecule has 2 N–H and O–H groups in total. The number of aromatic amines is 2. The molecule has 8 heteroatoms. The highest BCUT2D eigenvalue weighted by Gasteiger charge is 2.19. The quantitative estimate of drug-likeness (QED) is 0.543. The second-order valence-corrected chi connectivity index (χ2v) is 3.61. The molecule has 0 fully saturated rings. The maximum absolute atomic E-state index is 11.5. The number of rotatable bonds is 4. The summed E-state index contributed by atoms with van der Waals surface area (Å²) >= 11 is 0. The second kappa shape index (κ2) is 5.30. The van der Waals surface area contributed by atoms with E-state index >= 15 is 0 Å². The Morgan fingerprint density at radius 3 is 2.22 bits per heavy atom. The van der Waals surface area contributed by atoms with Crippen molar-refractivity contribution in [2.45, 2.75) is 26.5 Å². The first-order valence-electron chi connectivity index (χ1n) is 5.18. The van der Waals surface area contributed by atoms with Crippen molar-refractivity contribution in [3.8, 4) is 0 Å². The lowest BCUT2D eigenvalue weighted by Crippen LogP contribution is -2.46. The fraction of sp³-hybridized carbons (Fsp3) is 0.400. The lowest BCUT2D eigenvalue weighted by Gasteiger charge is -2.16. The van der Waals surface area contributed by atoms with Crippen LogP contribution in [0, 0.1) is 0 Å². The predicted molar refractivity (Wildman–Crippen MR) is 62.2 cm³/mol. The Morgan fingerprint density at radius 2 is 1.83 bits per heavy atom. The van der Waals surface area contributed by atoms with E-state index in [0.717, 1.165) is 0 Å². The number of nitrogens with zero attached hydrogens (tertiary/aromatic N) is 1. The summed E-state index contributed by atoms with van der Waals surface area (Å²) in [6.45, 7) is 6.45. The summed E-state index contributed by atoms with van der Waals surface area (Å²) < 4.78 is 5.56. The van der Waals surface area contributed by atoms with Crippen LogP contribution in [0.25, 0.3) is 0 Å². The maximum Gasteiger partial charge on any atom is 0.336 e. The predicted octanol–water partition coefficient (Wildman–Crippen LogP) is -0.747. The minimum atomic E-state index is -1.10. The topological polar surface area (TPSA) is 114 Å². The van der Waals surface area contributed by atoms with Crippen LogP contribution in [-0.4, -0.2) is 20.5 Å². The standard InChI is InChI=1S/C10H13N3O5/c1-4-6(18-7(14)5(2)3)13-9(16)11-8(15)12-10(13)17/h6H,2,4H2,1,3H3,(H2,11,12,15,16,17). The molecule has 98 valence electrons. The van der Waals surface area contributed by atoms with Crippen LogP contribution >= 0.6 is 0 Å². The van der Waals surface area contributed by atoms with Crippen LogP contribution in [0.15, 0.2) is 26.5 Å². The Morgan fingerprint density at radius 1 is 1.33 bits per heavy atom. The minimum Gasteiger partial charge on any atom is -0.438 e. The molecule has 0 bridgehead atoms. The number of carbonyl (C=O) groups is 1. The highest BCUT2D eigenvalue weighted by Crippen LogP contribution is 2.10. The molecule has 0 aliphatic heterocycles. The van der Waals surface area contributed by atoms with E-state index in [1.54, 1.807) is 6.92 Å². The zero-order chi connectivity index (χ0) is 13.9. The molecule has 1 unspecified atom stereocenters. The SMILES string of the molecule is C=C(C)C(=O)OC(CC)n1c(=O)[nH]c(=O)[nH]c1=O. The van der Waals surface area contributed by atoms with Gasteiger partial charge in [0.2, 0.25) is 0 Å². The van der Waals surface area contributed by atoms with E-state index in [1.807, 2.05) is 9.97 Å². The van der Waals surface area contributed by atoms with Crippen LogP contribution in [0.2, 0.25) is 0 Å². The van der Waals surface area contributed by atoms with E-state index in [9.17, 15) is 19.2 Å². The number of H-pyrrole nitrogens is 2. The van der Waals surface area contributed by atoms with Crippen molar-refractivity contribution in [3.05, 3.63) is 43.6 Å². The molecular weight excluding hydrogens is 242 g/mol. The fourth-order valence-electron chi connectivity index (χ4n) is 1.24. The number of esters is 1. The van der Waals surface area contributed by atoms with Gasteiger partial charge in [-0.2, -0.15) is 0 Å². The second-order valence-electron chi connectivity index (χ2n) is 3.61. The summed E-state index contributed by atoms with van der Waals surface area (Å²) in [7, 11) is 0. The average Bonchev–Trinajstić information content (AvgIpc) is 2.25. The van der Waals surface area contributed by atoms with Crippen LogP contribution in [0.1, 0.15) is 26.5 Å². The Hall–Kier alpha value is -2.38. The Kier molecular flexibility index (Phi) is 4.03. The van der Waals surface area contributed by atoms with Gasteiger partial charge in [0.15, 0.2) is 6.23 Å². The van der Waals surface area contributed by atoms with Crippen molar-refractivity contribution in [2.24, 2.45) is 0 Å². The minimum absolute atomic E-state index is 0.141. The van der Waals surface area contributed by atoms with Crippen LogP contribution in [0.3, 0.4) is 0 Å². The van der Waals surface area contributed by atoms with Gasteiger partial charge in [-0.1, -0.05) is 13.5 Å². The normalized spacial score (nSPS) is 11.9. The lowest BCUT2D eigenvalue weighted by molar-refractivity contribution is -0.149. The van der Waals surface area contributed by atoms with Crippen molar-refractivity contribution in [2.75, 3.05) is 0 Å². The first-order valence-corrected chi connectivity index (χ1v) is 5.18. The Balaban J connectivity index is 3.22. The molecule has 18 heavy (non-hydrogen) atoms. The summed E-state index contributed by atoms with van der Waals surface area (Å²) in [5.74, 6) is -0.723.